The van der Waals surface area contributed by atoms with Crippen LogP contribution in [0.3, 0.4) is 0 Å². The van der Waals surface area contributed by atoms with Crippen LogP contribution in [0.2, 0.25) is 0 Å². The van der Waals surface area contributed by atoms with Gasteiger partial charge < -0.3 is 10.6 Å². The van der Waals surface area contributed by atoms with Crippen LogP contribution in [-0.4, -0.2) is 43.0 Å². The van der Waals surface area contributed by atoms with Gasteiger partial charge in [0.05, 0.1) is 13.1 Å². The van der Waals surface area contributed by atoms with Gasteiger partial charge in [-0.15, -0.1) is 11.3 Å². The van der Waals surface area contributed by atoms with E-state index < -0.39 is 0 Å². The molecule has 1 amide bonds. The van der Waals surface area contributed by atoms with Gasteiger partial charge in [0, 0.05) is 10.9 Å². The Labute approximate surface area is 130 Å². The first kappa shape index (κ1) is 15.0. The zero-order valence-electron chi connectivity index (χ0n) is 12.5. The van der Waals surface area contributed by atoms with Gasteiger partial charge in [0.25, 0.3) is 0 Å². The number of nitrogens with one attached hydrogen (secondary N) is 2. The quantitative estimate of drug-likeness (QED) is 0.872. The van der Waals surface area contributed by atoms with Gasteiger partial charge in [-0.25, -0.2) is 0 Å². The van der Waals surface area contributed by atoms with Crippen LogP contribution in [0.15, 0.2) is 17.5 Å². The number of carbonyl (C=O) groups is 1. The third-order valence-corrected chi connectivity index (χ3v) is 5.58. The van der Waals surface area contributed by atoms with E-state index in [1.807, 2.05) is 11.4 Å². The summed E-state index contributed by atoms with van der Waals surface area (Å²) in [6, 6.07) is 4.82. The number of amides is 1. The van der Waals surface area contributed by atoms with E-state index in [4.69, 9.17) is 0 Å². The number of hydrogen-bond acceptors (Lipinski definition) is 4. The van der Waals surface area contributed by atoms with Gasteiger partial charge in [0.2, 0.25) is 5.91 Å². The lowest BCUT2D eigenvalue weighted by atomic mass is 9.88. The fraction of sp³-hybridized carbons (Fsp3) is 0.688. The average Bonchev–Trinajstić information content (AvgIpc) is 3.19. The van der Waals surface area contributed by atoms with E-state index in [1.54, 1.807) is 11.3 Å². The van der Waals surface area contributed by atoms with E-state index in [0.29, 0.717) is 13.1 Å². The van der Waals surface area contributed by atoms with E-state index in [0.717, 1.165) is 25.0 Å². The molecule has 0 spiro atoms. The molecule has 0 radical (unpaired) electrons. The molecule has 5 heteroatoms. The first-order chi connectivity index (χ1) is 10.3. The monoisotopic (exact) mass is 307 g/mol. The predicted molar refractivity (Wildman–Crippen MR) is 86.4 cm³/mol. The van der Waals surface area contributed by atoms with Gasteiger partial charge in [0.15, 0.2) is 0 Å². The molecule has 3 heterocycles. The highest BCUT2D eigenvalue weighted by Gasteiger charge is 2.28. The number of nitrogens with zero attached hydrogens (tertiary/aromatic N) is 1. The van der Waals surface area contributed by atoms with E-state index >= 15 is 0 Å². The largest absolute Gasteiger partial charge is 0.350 e. The van der Waals surface area contributed by atoms with E-state index in [-0.39, 0.29) is 5.91 Å². The SMILES string of the molecule is O=C(CN1CCC(C2CCCN2)CC1)NCc1cccs1. The van der Waals surface area contributed by atoms with Gasteiger partial charge >= 0.3 is 0 Å². The molecule has 2 saturated heterocycles. The molecular formula is C16H25N3OS. The standard InChI is InChI=1S/C16H25N3OS/c20-16(18-11-14-3-2-10-21-14)12-19-8-5-13(6-9-19)15-4-1-7-17-15/h2-3,10,13,15,17H,1,4-9,11-12H2,(H,18,20). The number of carbonyl (C=O) groups excluding carboxylic acids is 1. The second-order valence-corrected chi connectivity index (χ2v) is 7.20. The lowest BCUT2D eigenvalue weighted by Crippen LogP contribution is -2.44. The molecule has 0 aliphatic carbocycles. The number of hydrogen-bond donors (Lipinski definition) is 2. The van der Waals surface area contributed by atoms with Crippen molar-refractivity contribution in [3.05, 3.63) is 22.4 Å². The Hall–Kier alpha value is -0.910. The Morgan fingerprint density at radius 2 is 2.24 bits per heavy atom. The Morgan fingerprint density at radius 1 is 1.38 bits per heavy atom. The zero-order chi connectivity index (χ0) is 14.5. The van der Waals surface area contributed by atoms with Crippen LogP contribution >= 0.6 is 11.3 Å². The average molecular weight is 307 g/mol. The summed E-state index contributed by atoms with van der Waals surface area (Å²) >= 11 is 1.69. The first-order valence-electron chi connectivity index (χ1n) is 8.06. The third kappa shape index (κ3) is 4.28. The van der Waals surface area contributed by atoms with Crippen molar-refractivity contribution in [3.63, 3.8) is 0 Å². The number of thiophene rings is 1. The molecule has 116 valence electrons. The van der Waals surface area contributed by atoms with Crippen molar-refractivity contribution in [2.45, 2.75) is 38.3 Å². The summed E-state index contributed by atoms with van der Waals surface area (Å²) in [4.78, 5) is 15.5. The Kier molecular flexibility index (Phi) is 5.27. The summed E-state index contributed by atoms with van der Waals surface area (Å²) in [5, 5.41) is 8.68. The van der Waals surface area contributed by atoms with Crippen LogP contribution in [0, 0.1) is 5.92 Å². The van der Waals surface area contributed by atoms with Crippen molar-refractivity contribution in [2.24, 2.45) is 5.92 Å². The van der Waals surface area contributed by atoms with E-state index in [9.17, 15) is 4.79 Å². The molecule has 1 aromatic rings. The first-order valence-corrected chi connectivity index (χ1v) is 8.94. The second-order valence-electron chi connectivity index (χ2n) is 6.17. The molecule has 0 saturated carbocycles. The van der Waals surface area contributed by atoms with Gasteiger partial charge in [-0.05, 0) is 62.7 Å². The molecule has 2 N–H and O–H groups in total. The summed E-state index contributed by atoms with van der Waals surface area (Å²) in [7, 11) is 0. The molecule has 2 fully saturated rings. The third-order valence-electron chi connectivity index (χ3n) is 4.71. The summed E-state index contributed by atoms with van der Waals surface area (Å²) in [6.45, 7) is 4.54. The normalized spacial score (nSPS) is 24.3. The molecule has 3 rings (SSSR count). The van der Waals surface area contributed by atoms with E-state index in [2.05, 4.69) is 21.6 Å². The highest BCUT2D eigenvalue weighted by atomic mass is 32.1. The fourth-order valence-corrected chi connectivity index (χ4v) is 4.13. The predicted octanol–water partition coefficient (Wildman–Crippen LogP) is 1.83. The van der Waals surface area contributed by atoms with Gasteiger partial charge in [-0.2, -0.15) is 0 Å². The molecule has 1 aromatic heterocycles. The molecule has 0 aromatic carbocycles. The maximum atomic E-state index is 12.0. The van der Waals surface area contributed by atoms with Crippen molar-refractivity contribution in [1.82, 2.24) is 15.5 Å². The number of rotatable bonds is 5. The van der Waals surface area contributed by atoms with Gasteiger partial charge in [0.1, 0.15) is 0 Å². The van der Waals surface area contributed by atoms with Gasteiger partial charge in [-0.1, -0.05) is 6.07 Å². The number of piperidine rings is 1. The van der Waals surface area contributed by atoms with Crippen LogP contribution in [-0.2, 0) is 11.3 Å². The van der Waals surface area contributed by atoms with Gasteiger partial charge in [-0.3, -0.25) is 9.69 Å². The maximum Gasteiger partial charge on any atom is 0.234 e. The molecule has 1 unspecified atom stereocenters. The summed E-state index contributed by atoms with van der Waals surface area (Å²) in [5.74, 6) is 0.971. The molecule has 2 aliphatic rings. The second kappa shape index (κ2) is 7.38. The highest BCUT2D eigenvalue weighted by Crippen LogP contribution is 2.25. The lowest BCUT2D eigenvalue weighted by Gasteiger charge is -2.34. The van der Waals surface area contributed by atoms with Crippen LogP contribution in [0.5, 0.6) is 0 Å². The summed E-state index contributed by atoms with van der Waals surface area (Å²) < 4.78 is 0. The summed E-state index contributed by atoms with van der Waals surface area (Å²) in [5.41, 5.74) is 0. The van der Waals surface area contributed by atoms with Crippen LogP contribution in [0.4, 0.5) is 0 Å². The minimum Gasteiger partial charge on any atom is -0.350 e. The summed E-state index contributed by atoms with van der Waals surface area (Å²) in [6.07, 6.45) is 5.13. The van der Waals surface area contributed by atoms with Crippen LogP contribution in [0.25, 0.3) is 0 Å². The van der Waals surface area contributed by atoms with Crippen molar-refractivity contribution in [1.29, 1.82) is 0 Å². The van der Waals surface area contributed by atoms with Crippen molar-refractivity contribution in [3.8, 4) is 0 Å². The molecule has 0 bridgehead atoms. The minimum absolute atomic E-state index is 0.154. The Balaban J connectivity index is 1.35. The smallest absolute Gasteiger partial charge is 0.234 e. The molecule has 21 heavy (non-hydrogen) atoms. The number of likely N-dealkylation sites (tertiary alicyclic amines) is 1. The lowest BCUT2D eigenvalue weighted by molar-refractivity contribution is -0.122. The minimum atomic E-state index is 0.154. The van der Waals surface area contributed by atoms with Crippen molar-refractivity contribution in [2.75, 3.05) is 26.2 Å². The molecule has 2 aliphatic heterocycles. The molecule has 4 nitrogen and oxygen atoms in total. The maximum absolute atomic E-state index is 12.0. The van der Waals surface area contributed by atoms with Crippen molar-refractivity contribution < 1.29 is 4.79 Å². The highest BCUT2D eigenvalue weighted by molar-refractivity contribution is 7.09. The topological polar surface area (TPSA) is 44.4 Å². The Morgan fingerprint density at radius 3 is 2.90 bits per heavy atom. The Bertz CT molecular complexity index is 434. The molecule has 1 atom stereocenters. The van der Waals surface area contributed by atoms with E-state index in [1.165, 1.54) is 37.1 Å². The zero-order valence-corrected chi connectivity index (χ0v) is 13.3. The van der Waals surface area contributed by atoms with Crippen LogP contribution in [0.1, 0.15) is 30.6 Å². The van der Waals surface area contributed by atoms with Crippen molar-refractivity contribution >= 4 is 17.2 Å². The fourth-order valence-electron chi connectivity index (χ4n) is 3.49. The molecular weight excluding hydrogens is 282 g/mol. The van der Waals surface area contributed by atoms with Crippen LogP contribution < -0.4 is 10.6 Å².